The quantitative estimate of drug-likeness (QED) is 0.864. The molecule has 1 aromatic rings. The van der Waals surface area contributed by atoms with Gasteiger partial charge in [-0.3, -0.25) is 9.80 Å². The zero-order chi connectivity index (χ0) is 15.1. The van der Waals surface area contributed by atoms with Crippen LogP contribution in [0.5, 0.6) is 0 Å². The number of β-amino-alcohol motifs (C(OH)–C–C–N with tert-alkyl or cyclic N) is 1. The van der Waals surface area contributed by atoms with Gasteiger partial charge in [0.05, 0.1) is 12.7 Å². The Bertz CT molecular complexity index is 399. The standard InChI is InChI=1S/C17H28N2O2/c1-15-8-9-18(13-17(20)14-21-2)10-11-19(15)12-16-6-4-3-5-7-16/h3-7,15,17,20H,8-14H2,1-2H3. The van der Waals surface area contributed by atoms with Gasteiger partial charge in [-0.15, -0.1) is 0 Å². The second-order valence-corrected chi connectivity index (χ2v) is 6.00. The van der Waals surface area contributed by atoms with Gasteiger partial charge in [0, 0.05) is 39.3 Å². The summed E-state index contributed by atoms with van der Waals surface area (Å²) in [7, 11) is 1.63. The van der Waals surface area contributed by atoms with Crippen LogP contribution >= 0.6 is 0 Å². The maximum Gasteiger partial charge on any atom is 0.0900 e. The van der Waals surface area contributed by atoms with Crippen LogP contribution in [0.3, 0.4) is 0 Å². The lowest BCUT2D eigenvalue weighted by Gasteiger charge is -2.26. The van der Waals surface area contributed by atoms with Gasteiger partial charge in [-0.25, -0.2) is 0 Å². The summed E-state index contributed by atoms with van der Waals surface area (Å²) < 4.78 is 5.01. The van der Waals surface area contributed by atoms with Crippen molar-refractivity contribution in [3.05, 3.63) is 35.9 Å². The highest BCUT2D eigenvalue weighted by atomic mass is 16.5. The second kappa shape index (κ2) is 8.49. The molecule has 0 aliphatic carbocycles. The molecule has 1 aromatic carbocycles. The molecule has 0 saturated carbocycles. The largest absolute Gasteiger partial charge is 0.389 e. The van der Waals surface area contributed by atoms with Crippen molar-refractivity contribution in [2.45, 2.75) is 32.0 Å². The van der Waals surface area contributed by atoms with E-state index < -0.39 is 0 Å². The summed E-state index contributed by atoms with van der Waals surface area (Å²) in [6, 6.07) is 11.2. The fraction of sp³-hybridized carbons (Fsp3) is 0.647. The van der Waals surface area contributed by atoms with E-state index in [4.69, 9.17) is 4.74 Å². The average molecular weight is 292 g/mol. The molecule has 1 aliphatic heterocycles. The molecule has 2 atom stereocenters. The molecule has 4 heteroatoms. The number of hydrogen-bond donors (Lipinski definition) is 1. The van der Waals surface area contributed by atoms with Crippen LogP contribution in [0.4, 0.5) is 0 Å². The summed E-state index contributed by atoms with van der Waals surface area (Å²) in [5.74, 6) is 0. The first-order valence-electron chi connectivity index (χ1n) is 7.86. The molecule has 0 aromatic heterocycles. The Morgan fingerprint density at radius 2 is 2.00 bits per heavy atom. The third kappa shape index (κ3) is 5.40. The molecule has 0 amide bonds. The number of benzene rings is 1. The van der Waals surface area contributed by atoms with Gasteiger partial charge in [-0.1, -0.05) is 30.3 Å². The van der Waals surface area contributed by atoms with E-state index in [2.05, 4.69) is 47.1 Å². The second-order valence-electron chi connectivity index (χ2n) is 6.00. The third-order valence-electron chi connectivity index (χ3n) is 4.25. The number of nitrogens with zero attached hydrogens (tertiary/aromatic N) is 2. The van der Waals surface area contributed by atoms with Crippen molar-refractivity contribution in [2.24, 2.45) is 0 Å². The Kier molecular flexibility index (Phi) is 6.64. The Hall–Kier alpha value is -0.940. The van der Waals surface area contributed by atoms with E-state index in [9.17, 15) is 5.11 Å². The average Bonchev–Trinajstić information content (AvgIpc) is 2.64. The Morgan fingerprint density at radius 3 is 2.71 bits per heavy atom. The van der Waals surface area contributed by atoms with Gasteiger partial charge in [0.25, 0.3) is 0 Å². The highest BCUT2D eigenvalue weighted by Crippen LogP contribution is 2.15. The van der Waals surface area contributed by atoms with Crippen LogP contribution in [0.25, 0.3) is 0 Å². The monoisotopic (exact) mass is 292 g/mol. The van der Waals surface area contributed by atoms with Crippen LogP contribution in [0.15, 0.2) is 30.3 Å². The predicted molar refractivity (Wildman–Crippen MR) is 85.3 cm³/mol. The van der Waals surface area contributed by atoms with Crippen molar-refractivity contribution in [3.8, 4) is 0 Å². The maximum atomic E-state index is 9.88. The molecule has 1 heterocycles. The molecule has 1 saturated heterocycles. The van der Waals surface area contributed by atoms with E-state index in [1.54, 1.807) is 7.11 Å². The van der Waals surface area contributed by atoms with E-state index in [0.717, 1.165) is 32.6 Å². The van der Waals surface area contributed by atoms with E-state index in [0.29, 0.717) is 19.2 Å². The first-order chi connectivity index (χ1) is 10.2. The van der Waals surface area contributed by atoms with Gasteiger partial charge in [0.15, 0.2) is 0 Å². The van der Waals surface area contributed by atoms with Crippen LogP contribution in [-0.2, 0) is 11.3 Å². The fourth-order valence-corrected chi connectivity index (χ4v) is 2.93. The molecule has 4 nitrogen and oxygen atoms in total. The van der Waals surface area contributed by atoms with Gasteiger partial charge >= 0.3 is 0 Å². The molecule has 1 N–H and O–H groups in total. The Morgan fingerprint density at radius 1 is 1.24 bits per heavy atom. The summed E-state index contributed by atoms with van der Waals surface area (Å²) in [5, 5.41) is 9.88. The zero-order valence-corrected chi connectivity index (χ0v) is 13.2. The molecule has 0 radical (unpaired) electrons. The molecule has 2 unspecified atom stereocenters. The van der Waals surface area contributed by atoms with Crippen molar-refractivity contribution in [1.82, 2.24) is 9.80 Å². The number of rotatable bonds is 6. The van der Waals surface area contributed by atoms with Crippen molar-refractivity contribution in [3.63, 3.8) is 0 Å². The number of ether oxygens (including phenoxy) is 1. The third-order valence-corrected chi connectivity index (χ3v) is 4.25. The lowest BCUT2D eigenvalue weighted by molar-refractivity contribution is 0.0385. The van der Waals surface area contributed by atoms with Crippen molar-refractivity contribution in [1.29, 1.82) is 0 Å². The first-order valence-corrected chi connectivity index (χ1v) is 7.86. The van der Waals surface area contributed by atoms with Gasteiger partial charge in [-0.2, -0.15) is 0 Å². The number of methoxy groups -OCH3 is 1. The van der Waals surface area contributed by atoms with Crippen molar-refractivity contribution < 1.29 is 9.84 Å². The lowest BCUT2D eigenvalue weighted by Crippen LogP contribution is -2.37. The summed E-state index contributed by atoms with van der Waals surface area (Å²) in [4.78, 5) is 4.89. The van der Waals surface area contributed by atoms with E-state index >= 15 is 0 Å². The normalized spacial score (nSPS) is 22.9. The summed E-state index contributed by atoms with van der Waals surface area (Å²) in [6.45, 7) is 7.55. The molecule has 21 heavy (non-hydrogen) atoms. The van der Waals surface area contributed by atoms with Gasteiger partial charge in [0.1, 0.15) is 0 Å². The van der Waals surface area contributed by atoms with Crippen LogP contribution in [0, 0.1) is 0 Å². The maximum absolute atomic E-state index is 9.88. The smallest absolute Gasteiger partial charge is 0.0900 e. The molecule has 2 rings (SSSR count). The lowest BCUT2D eigenvalue weighted by atomic mass is 10.1. The molecule has 1 fully saturated rings. The Labute approximate surface area is 128 Å². The molecular formula is C17H28N2O2. The summed E-state index contributed by atoms with van der Waals surface area (Å²) in [6.07, 6.45) is 0.762. The number of aliphatic hydroxyl groups excluding tert-OH is 1. The molecule has 118 valence electrons. The minimum atomic E-state index is -0.383. The highest BCUT2D eigenvalue weighted by molar-refractivity contribution is 5.14. The minimum absolute atomic E-state index is 0.383. The van der Waals surface area contributed by atoms with Crippen LogP contribution in [0.2, 0.25) is 0 Å². The first kappa shape index (κ1) is 16.4. The van der Waals surface area contributed by atoms with E-state index in [1.165, 1.54) is 5.56 Å². The van der Waals surface area contributed by atoms with E-state index in [-0.39, 0.29) is 6.10 Å². The SMILES string of the molecule is COCC(O)CN1CCC(C)N(Cc2ccccc2)CC1. The molecule has 0 spiro atoms. The van der Waals surface area contributed by atoms with Gasteiger partial charge < -0.3 is 9.84 Å². The summed E-state index contributed by atoms with van der Waals surface area (Å²) in [5.41, 5.74) is 1.37. The van der Waals surface area contributed by atoms with Crippen LogP contribution in [-0.4, -0.2) is 66.9 Å². The highest BCUT2D eigenvalue weighted by Gasteiger charge is 2.22. The molecular weight excluding hydrogens is 264 g/mol. The predicted octanol–water partition coefficient (Wildman–Crippen LogP) is 1.59. The minimum Gasteiger partial charge on any atom is -0.389 e. The van der Waals surface area contributed by atoms with Gasteiger partial charge in [0.2, 0.25) is 0 Å². The topological polar surface area (TPSA) is 35.9 Å². The Balaban J connectivity index is 1.86. The summed E-state index contributed by atoms with van der Waals surface area (Å²) >= 11 is 0. The van der Waals surface area contributed by atoms with Crippen molar-refractivity contribution >= 4 is 0 Å². The zero-order valence-electron chi connectivity index (χ0n) is 13.2. The fourth-order valence-electron chi connectivity index (χ4n) is 2.93. The molecule has 1 aliphatic rings. The van der Waals surface area contributed by atoms with Crippen LogP contribution < -0.4 is 0 Å². The number of aliphatic hydroxyl groups is 1. The van der Waals surface area contributed by atoms with Gasteiger partial charge in [-0.05, 0) is 25.5 Å². The molecule has 0 bridgehead atoms. The van der Waals surface area contributed by atoms with Crippen LogP contribution in [0.1, 0.15) is 18.9 Å². The number of hydrogen-bond acceptors (Lipinski definition) is 4. The van der Waals surface area contributed by atoms with E-state index in [1.807, 2.05) is 0 Å². The van der Waals surface area contributed by atoms with Crippen molar-refractivity contribution in [2.75, 3.05) is 39.9 Å².